The first-order valence-corrected chi connectivity index (χ1v) is 7.35. The molecule has 0 saturated heterocycles. The van der Waals surface area contributed by atoms with Crippen molar-refractivity contribution in [2.75, 3.05) is 19.6 Å². The van der Waals surface area contributed by atoms with Crippen molar-refractivity contribution in [3.63, 3.8) is 0 Å². The topological polar surface area (TPSA) is 21.5 Å². The summed E-state index contributed by atoms with van der Waals surface area (Å²) in [6.07, 6.45) is 2.09. The van der Waals surface area contributed by atoms with E-state index in [0.717, 1.165) is 41.5 Å². The fourth-order valence-corrected chi connectivity index (χ4v) is 3.01. The fraction of sp³-hybridized carbons (Fsp3) is 0.278. The normalized spacial score (nSPS) is 13.9. The van der Waals surface area contributed by atoms with E-state index in [-0.39, 0.29) is 5.78 Å². The lowest BCUT2D eigenvalue weighted by Gasteiger charge is -2.20. The maximum absolute atomic E-state index is 12.7. The quantitative estimate of drug-likeness (QED) is 0.901. The predicted molar refractivity (Wildman–Crippen MR) is 83.2 cm³/mol. The molecule has 1 aliphatic carbocycles. The van der Waals surface area contributed by atoms with Gasteiger partial charge in [-0.2, -0.15) is 0 Å². The van der Waals surface area contributed by atoms with Crippen LogP contribution >= 0.6 is 0 Å². The van der Waals surface area contributed by atoms with E-state index in [9.17, 15) is 4.79 Å². The number of hydrogen-bond acceptors (Lipinski definition) is 1. The molecule has 1 aliphatic rings. The second-order valence-electron chi connectivity index (χ2n) is 5.38. The van der Waals surface area contributed by atoms with Gasteiger partial charge in [0, 0.05) is 10.9 Å². The first kappa shape index (κ1) is 13.1. The van der Waals surface area contributed by atoms with Gasteiger partial charge < -0.3 is 4.90 Å². The van der Waals surface area contributed by atoms with Gasteiger partial charge in [-0.05, 0) is 30.9 Å². The molecule has 0 amide bonds. The number of hydrogen-bond donors (Lipinski definition) is 1. The molecule has 0 aliphatic heterocycles. The van der Waals surface area contributed by atoms with Gasteiger partial charge in [0.1, 0.15) is 6.54 Å². The molecule has 2 heteroatoms. The van der Waals surface area contributed by atoms with Crippen LogP contribution in [0.1, 0.15) is 29.8 Å². The summed E-state index contributed by atoms with van der Waals surface area (Å²) < 4.78 is 0. The molecule has 0 saturated carbocycles. The summed E-state index contributed by atoms with van der Waals surface area (Å²) in [5.74, 6) is 0.203. The van der Waals surface area contributed by atoms with Crippen LogP contribution in [0.2, 0.25) is 0 Å². The lowest BCUT2D eigenvalue weighted by atomic mass is 9.88. The largest absolute Gasteiger partial charge is 0.332 e. The highest BCUT2D eigenvalue weighted by Crippen LogP contribution is 2.30. The molecule has 2 nitrogen and oxygen atoms in total. The Morgan fingerprint density at radius 1 is 1.00 bits per heavy atom. The second-order valence-corrected chi connectivity index (χ2v) is 5.38. The van der Waals surface area contributed by atoms with E-state index < -0.39 is 0 Å². The Bertz CT molecular complexity index is 690. The van der Waals surface area contributed by atoms with Gasteiger partial charge in [-0.3, -0.25) is 4.79 Å². The minimum atomic E-state index is 0.203. The number of rotatable bonds is 4. The Kier molecular flexibility index (Phi) is 3.41. The molecule has 0 heterocycles. The summed E-state index contributed by atoms with van der Waals surface area (Å²) in [7, 11) is 0. The first-order chi connectivity index (χ1) is 9.74. The molecular formula is C18H20NO+. The van der Waals surface area contributed by atoms with Crippen LogP contribution in [0.25, 0.3) is 16.8 Å². The van der Waals surface area contributed by atoms with Gasteiger partial charge >= 0.3 is 0 Å². The number of likely N-dealkylation sites (N-methyl/N-ethyl adjacent to an activating group) is 1. The van der Waals surface area contributed by atoms with Crippen molar-refractivity contribution < 1.29 is 9.69 Å². The van der Waals surface area contributed by atoms with Crippen molar-refractivity contribution >= 4 is 22.6 Å². The summed E-state index contributed by atoms with van der Waals surface area (Å²) in [5, 5.41) is 2.26. The van der Waals surface area contributed by atoms with Crippen LogP contribution in [0, 0.1) is 0 Å². The van der Waals surface area contributed by atoms with Gasteiger partial charge in [0.25, 0.3) is 0 Å². The molecule has 20 heavy (non-hydrogen) atoms. The molecule has 0 spiro atoms. The number of carbonyl (C=O) groups excluding carboxylic acids is 1. The van der Waals surface area contributed by atoms with Crippen LogP contribution in [-0.2, 0) is 0 Å². The number of Topliss-reactive ketones (excluding diaryl/α,β-unsaturated/α-hetero) is 1. The number of carbonyl (C=O) groups is 1. The first-order valence-electron chi connectivity index (χ1n) is 7.35. The lowest BCUT2D eigenvalue weighted by Crippen LogP contribution is -3.11. The summed E-state index contributed by atoms with van der Waals surface area (Å²) in [6.45, 7) is 7.25. The third-order valence-corrected chi connectivity index (χ3v) is 4.24. The van der Waals surface area contributed by atoms with Crippen molar-refractivity contribution in [3.05, 3.63) is 53.1 Å². The third-order valence-electron chi connectivity index (χ3n) is 4.24. The van der Waals surface area contributed by atoms with Crippen molar-refractivity contribution in [3.8, 4) is 0 Å². The van der Waals surface area contributed by atoms with Gasteiger partial charge in [0.15, 0.2) is 5.78 Å². The Morgan fingerprint density at radius 2 is 1.70 bits per heavy atom. The highest BCUT2D eigenvalue weighted by atomic mass is 16.1. The number of ketones is 1. The standard InChI is InChI=1S/C18H19NO/c1-3-19(4-2)12-15-11-14-9-5-7-13-8-6-10-16(17(13)14)18(15)20/h5-11H,3-4,12H2,1-2H3/p+1. The highest BCUT2D eigenvalue weighted by Gasteiger charge is 2.23. The molecule has 0 fully saturated rings. The van der Waals surface area contributed by atoms with Crippen LogP contribution in [0.4, 0.5) is 0 Å². The van der Waals surface area contributed by atoms with E-state index in [1.165, 1.54) is 10.5 Å². The average Bonchev–Trinajstić information content (AvgIpc) is 2.49. The Morgan fingerprint density at radius 3 is 2.40 bits per heavy atom. The molecule has 0 radical (unpaired) electrons. The molecule has 0 aromatic heterocycles. The summed E-state index contributed by atoms with van der Waals surface area (Å²) in [5.41, 5.74) is 2.98. The van der Waals surface area contributed by atoms with Crippen molar-refractivity contribution in [2.45, 2.75) is 13.8 Å². The summed E-state index contributed by atoms with van der Waals surface area (Å²) in [4.78, 5) is 14.1. The van der Waals surface area contributed by atoms with E-state index in [1.54, 1.807) is 0 Å². The van der Waals surface area contributed by atoms with E-state index in [1.807, 2.05) is 12.1 Å². The van der Waals surface area contributed by atoms with Crippen molar-refractivity contribution in [1.82, 2.24) is 0 Å². The van der Waals surface area contributed by atoms with Crippen LogP contribution in [0.15, 0.2) is 42.0 Å². The number of benzene rings is 2. The van der Waals surface area contributed by atoms with E-state index in [4.69, 9.17) is 0 Å². The molecule has 0 bridgehead atoms. The molecule has 2 aromatic rings. The minimum absolute atomic E-state index is 0.203. The van der Waals surface area contributed by atoms with Gasteiger partial charge in [-0.1, -0.05) is 36.4 Å². The molecular weight excluding hydrogens is 246 g/mol. The number of nitrogens with one attached hydrogen (secondary N) is 1. The van der Waals surface area contributed by atoms with E-state index in [0.29, 0.717) is 0 Å². The van der Waals surface area contributed by atoms with Gasteiger partial charge in [-0.25, -0.2) is 0 Å². The molecule has 3 rings (SSSR count). The summed E-state index contributed by atoms with van der Waals surface area (Å²) >= 11 is 0. The zero-order chi connectivity index (χ0) is 14.1. The highest BCUT2D eigenvalue weighted by molar-refractivity contribution is 6.22. The maximum atomic E-state index is 12.7. The molecule has 0 atom stereocenters. The van der Waals surface area contributed by atoms with Crippen molar-refractivity contribution in [1.29, 1.82) is 0 Å². The second kappa shape index (κ2) is 5.22. The smallest absolute Gasteiger partial charge is 0.195 e. The fourth-order valence-electron chi connectivity index (χ4n) is 3.01. The zero-order valence-corrected chi connectivity index (χ0v) is 12.1. The summed E-state index contributed by atoms with van der Waals surface area (Å²) in [6, 6.07) is 12.3. The van der Waals surface area contributed by atoms with Crippen LogP contribution in [-0.4, -0.2) is 25.4 Å². The van der Waals surface area contributed by atoms with Gasteiger partial charge in [0.2, 0.25) is 0 Å². The zero-order valence-electron chi connectivity index (χ0n) is 12.1. The Hall–Kier alpha value is -1.93. The van der Waals surface area contributed by atoms with E-state index >= 15 is 0 Å². The van der Waals surface area contributed by atoms with E-state index in [2.05, 4.69) is 44.2 Å². The van der Waals surface area contributed by atoms with Gasteiger partial charge in [0.05, 0.1) is 18.7 Å². The average molecular weight is 266 g/mol. The minimum Gasteiger partial charge on any atom is -0.332 e. The number of quaternary nitrogens is 1. The van der Waals surface area contributed by atoms with Gasteiger partial charge in [-0.15, -0.1) is 0 Å². The monoisotopic (exact) mass is 266 g/mol. The third kappa shape index (κ3) is 2.06. The molecule has 0 unspecified atom stereocenters. The van der Waals surface area contributed by atoms with Crippen LogP contribution in [0.3, 0.4) is 0 Å². The Balaban J connectivity index is 2.10. The molecule has 2 aromatic carbocycles. The lowest BCUT2D eigenvalue weighted by molar-refractivity contribution is -0.891. The van der Waals surface area contributed by atoms with Crippen molar-refractivity contribution in [2.24, 2.45) is 0 Å². The van der Waals surface area contributed by atoms with Crippen LogP contribution < -0.4 is 4.90 Å². The molecule has 102 valence electrons. The maximum Gasteiger partial charge on any atom is 0.195 e. The molecule has 1 N–H and O–H groups in total. The SMILES string of the molecule is CC[NH+](CC)CC1=Cc2cccc3cccc(c23)C1=O. The van der Waals surface area contributed by atoms with Crippen LogP contribution in [0.5, 0.6) is 0 Å². The Labute approximate surface area is 119 Å². The predicted octanol–water partition coefficient (Wildman–Crippen LogP) is 2.34.